The summed E-state index contributed by atoms with van der Waals surface area (Å²) < 4.78 is 10.8. The molecule has 0 spiro atoms. The van der Waals surface area contributed by atoms with E-state index in [-0.39, 0.29) is 5.41 Å². The summed E-state index contributed by atoms with van der Waals surface area (Å²) in [7, 11) is 0. The minimum Gasteiger partial charge on any atom is -0.336 e. The van der Waals surface area contributed by atoms with Crippen LogP contribution >= 0.6 is 0 Å². The van der Waals surface area contributed by atoms with E-state index in [1.54, 1.807) is 6.20 Å². The summed E-state index contributed by atoms with van der Waals surface area (Å²) in [5.41, 5.74) is 9.46. The molecule has 4 rings (SSSR count). The molecule has 0 unspecified atom stereocenters. The Kier molecular flexibility index (Phi) is 3.81. The molecule has 3 heterocycles. The fraction of sp³-hybridized carbons (Fsp3) is 0.263. The molecule has 0 fully saturated rings. The molecule has 132 valence electrons. The maximum Gasteiger partial charge on any atom is 0.259 e. The van der Waals surface area contributed by atoms with Crippen molar-refractivity contribution in [2.45, 2.75) is 32.7 Å². The predicted molar refractivity (Wildman–Crippen MR) is 97.1 cm³/mol. The lowest BCUT2D eigenvalue weighted by molar-refractivity contribution is 0.414. The van der Waals surface area contributed by atoms with Crippen molar-refractivity contribution in [3.05, 3.63) is 47.8 Å². The second-order valence-corrected chi connectivity index (χ2v) is 7.18. The molecule has 0 aliphatic carbocycles. The fourth-order valence-corrected chi connectivity index (χ4v) is 2.74. The number of nitrogens with two attached hydrogens (primary N) is 1. The number of aromatic nitrogens is 4. The topological polar surface area (TPSA) is 104 Å². The van der Waals surface area contributed by atoms with E-state index in [9.17, 15) is 0 Å². The first-order valence-electron chi connectivity index (χ1n) is 8.35. The first kappa shape index (κ1) is 16.4. The third-order valence-electron chi connectivity index (χ3n) is 4.16. The Labute approximate surface area is 150 Å². The second kappa shape index (κ2) is 6.03. The summed E-state index contributed by atoms with van der Waals surface area (Å²) >= 11 is 0. The van der Waals surface area contributed by atoms with Gasteiger partial charge in [-0.2, -0.15) is 4.98 Å². The van der Waals surface area contributed by atoms with E-state index < -0.39 is 0 Å². The van der Waals surface area contributed by atoms with Gasteiger partial charge in [0.05, 0.1) is 16.6 Å². The molecule has 0 aliphatic heterocycles. The smallest absolute Gasteiger partial charge is 0.259 e. The largest absolute Gasteiger partial charge is 0.336 e. The Morgan fingerprint density at radius 1 is 1.00 bits per heavy atom. The van der Waals surface area contributed by atoms with E-state index in [4.69, 9.17) is 14.8 Å². The summed E-state index contributed by atoms with van der Waals surface area (Å²) in [6.45, 7) is 6.73. The van der Waals surface area contributed by atoms with E-state index in [2.05, 4.69) is 41.1 Å². The maximum atomic E-state index is 5.63. The highest BCUT2D eigenvalue weighted by Crippen LogP contribution is 2.31. The molecule has 0 amide bonds. The van der Waals surface area contributed by atoms with Gasteiger partial charge in [-0.15, -0.1) is 0 Å². The summed E-state index contributed by atoms with van der Waals surface area (Å²) in [5, 5.41) is 9.08. The van der Waals surface area contributed by atoms with Gasteiger partial charge in [0, 0.05) is 23.7 Å². The van der Waals surface area contributed by atoms with Gasteiger partial charge in [0.15, 0.2) is 0 Å². The van der Waals surface area contributed by atoms with E-state index in [1.807, 2.05) is 30.3 Å². The average molecular weight is 349 g/mol. The molecule has 1 aromatic carbocycles. The molecular weight excluding hydrogens is 330 g/mol. The number of rotatable bonds is 3. The van der Waals surface area contributed by atoms with Crippen LogP contribution in [0.2, 0.25) is 0 Å². The van der Waals surface area contributed by atoms with Gasteiger partial charge in [-0.05, 0) is 11.6 Å². The molecule has 0 saturated heterocycles. The monoisotopic (exact) mass is 349 g/mol. The van der Waals surface area contributed by atoms with Gasteiger partial charge in [0.25, 0.3) is 11.6 Å². The summed E-state index contributed by atoms with van der Waals surface area (Å²) in [6, 6.07) is 9.68. The Morgan fingerprint density at radius 3 is 2.46 bits per heavy atom. The molecule has 0 bridgehead atoms. The summed E-state index contributed by atoms with van der Waals surface area (Å²) in [6.07, 6.45) is 1.65. The quantitative estimate of drug-likeness (QED) is 0.601. The van der Waals surface area contributed by atoms with Crippen molar-refractivity contribution in [2.75, 3.05) is 0 Å². The highest BCUT2D eigenvalue weighted by atomic mass is 16.5. The standard InChI is InChI=1S/C19H19N5O2/c1-19(2,3)15-14-8-13(10-21-18(14)26-23-15)17-22-16(24-25-17)12-6-4-11(9-20)5-7-12/h4-8,10H,9,20H2,1-3H3. The molecule has 0 saturated carbocycles. The van der Waals surface area contributed by atoms with E-state index >= 15 is 0 Å². The van der Waals surface area contributed by atoms with Crippen molar-refractivity contribution in [3.8, 4) is 22.8 Å². The lowest BCUT2D eigenvalue weighted by atomic mass is 9.90. The summed E-state index contributed by atoms with van der Waals surface area (Å²) in [5.74, 6) is 0.920. The lowest BCUT2D eigenvalue weighted by Gasteiger charge is -2.14. The predicted octanol–water partition coefficient (Wildman–Crippen LogP) is 3.70. The highest BCUT2D eigenvalue weighted by molar-refractivity contribution is 5.81. The Hall–Kier alpha value is -3.06. The number of nitrogens with zero attached hydrogens (tertiary/aromatic N) is 4. The van der Waals surface area contributed by atoms with Crippen LogP contribution in [-0.2, 0) is 12.0 Å². The van der Waals surface area contributed by atoms with E-state index in [0.29, 0.717) is 24.0 Å². The van der Waals surface area contributed by atoms with Crippen LogP contribution in [0.1, 0.15) is 32.0 Å². The van der Waals surface area contributed by atoms with Crippen LogP contribution in [0.3, 0.4) is 0 Å². The molecule has 0 atom stereocenters. The molecule has 7 nitrogen and oxygen atoms in total. The minimum absolute atomic E-state index is 0.156. The first-order chi connectivity index (χ1) is 12.5. The van der Waals surface area contributed by atoms with Crippen LogP contribution in [0.15, 0.2) is 45.6 Å². The van der Waals surface area contributed by atoms with Crippen LogP contribution < -0.4 is 5.73 Å². The van der Waals surface area contributed by atoms with Gasteiger partial charge in [0.1, 0.15) is 0 Å². The van der Waals surface area contributed by atoms with Gasteiger partial charge in [-0.1, -0.05) is 55.4 Å². The molecule has 0 aliphatic rings. The zero-order valence-electron chi connectivity index (χ0n) is 14.9. The molecule has 26 heavy (non-hydrogen) atoms. The van der Waals surface area contributed by atoms with Crippen molar-refractivity contribution in [1.82, 2.24) is 20.3 Å². The highest BCUT2D eigenvalue weighted by Gasteiger charge is 2.23. The Bertz CT molecular complexity index is 1060. The number of hydrogen-bond donors (Lipinski definition) is 1. The van der Waals surface area contributed by atoms with Crippen molar-refractivity contribution in [3.63, 3.8) is 0 Å². The molecular formula is C19H19N5O2. The van der Waals surface area contributed by atoms with Gasteiger partial charge in [-0.25, -0.2) is 4.98 Å². The van der Waals surface area contributed by atoms with Crippen LogP contribution in [0, 0.1) is 0 Å². The normalized spacial score (nSPS) is 12.0. The van der Waals surface area contributed by atoms with Gasteiger partial charge >= 0.3 is 0 Å². The van der Waals surface area contributed by atoms with Gasteiger partial charge in [-0.3, -0.25) is 0 Å². The second-order valence-electron chi connectivity index (χ2n) is 7.18. The lowest BCUT2D eigenvalue weighted by Crippen LogP contribution is -2.11. The van der Waals surface area contributed by atoms with E-state index in [1.165, 1.54) is 0 Å². The van der Waals surface area contributed by atoms with Crippen LogP contribution in [0.25, 0.3) is 33.9 Å². The van der Waals surface area contributed by atoms with Gasteiger partial charge < -0.3 is 14.8 Å². The first-order valence-corrected chi connectivity index (χ1v) is 8.35. The Balaban J connectivity index is 1.72. The molecule has 0 radical (unpaired) electrons. The number of fused-ring (bicyclic) bond motifs is 1. The molecule has 4 aromatic rings. The van der Waals surface area contributed by atoms with Crippen LogP contribution in [0.5, 0.6) is 0 Å². The fourth-order valence-electron chi connectivity index (χ4n) is 2.74. The van der Waals surface area contributed by atoms with Crippen molar-refractivity contribution in [1.29, 1.82) is 0 Å². The number of benzene rings is 1. The van der Waals surface area contributed by atoms with Crippen molar-refractivity contribution in [2.24, 2.45) is 5.73 Å². The average Bonchev–Trinajstić information content (AvgIpc) is 3.28. The van der Waals surface area contributed by atoms with Crippen molar-refractivity contribution >= 4 is 11.1 Å². The van der Waals surface area contributed by atoms with E-state index in [0.717, 1.165) is 27.8 Å². The summed E-state index contributed by atoms with van der Waals surface area (Å²) in [4.78, 5) is 8.81. The van der Waals surface area contributed by atoms with Crippen molar-refractivity contribution < 1.29 is 9.05 Å². The number of pyridine rings is 1. The third kappa shape index (κ3) is 2.86. The molecule has 3 aromatic heterocycles. The Morgan fingerprint density at radius 2 is 1.77 bits per heavy atom. The zero-order valence-corrected chi connectivity index (χ0v) is 14.9. The zero-order chi connectivity index (χ0) is 18.3. The van der Waals surface area contributed by atoms with Crippen LogP contribution in [-0.4, -0.2) is 20.3 Å². The maximum absolute atomic E-state index is 5.63. The molecule has 2 N–H and O–H groups in total. The molecule has 7 heteroatoms. The third-order valence-corrected chi connectivity index (χ3v) is 4.16. The SMILES string of the molecule is CC(C)(C)c1noc2ncc(-c3nc(-c4ccc(CN)cc4)no3)cc12. The number of hydrogen-bond acceptors (Lipinski definition) is 7. The van der Waals surface area contributed by atoms with Gasteiger partial charge in [0.2, 0.25) is 5.82 Å². The minimum atomic E-state index is -0.156. The van der Waals surface area contributed by atoms with Crippen LogP contribution in [0.4, 0.5) is 0 Å².